The smallest absolute Gasteiger partial charge is 0.108 e. The van der Waals surface area contributed by atoms with E-state index in [0.29, 0.717) is 13.1 Å². The van der Waals surface area contributed by atoms with Crippen molar-refractivity contribution in [1.29, 1.82) is 0 Å². The summed E-state index contributed by atoms with van der Waals surface area (Å²) in [5.41, 5.74) is 0. The van der Waals surface area contributed by atoms with Crippen molar-refractivity contribution >= 4 is 0 Å². The summed E-state index contributed by atoms with van der Waals surface area (Å²) >= 11 is 0. The predicted molar refractivity (Wildman–Crippen MR) is 72.5 cm³/mol. The first-order valence-electron chi connectivity index (χ1n) is 7.41. The van der Waals surface area contributed by atoms with Gasteiger partial charge in [-0.3, -0.25) is 4.90 Å². The minimum Gasteiger partial charge on any atom is -0.389 e. The summed E-state index contributed by atoms with van der Waals surface area (Å²) in [5, 5.41) is 28.6. The minimum atomic E-state index is -0.977. The lowest BCUT2D eigenvalue weighted by Gasteiger charge is -2.36. The largest absolute Gasteiger partial charge is 0.389 e. The molecular formula is C14H29NO3. The van der Waals surface area contributed by atoms with E-state index in [2.05, 4.69) is 6.92 Å². The van der Waals surface area contributed by atoms with Crippen LogP contribution in [0.2, 0.25) is 0 Å². The lowest BCUT2D eigenvalue weighted by Crippen LogP contribution is -2.55. The fraction of sp³-hybridized carbons (Fsp3) is 1.00. The fourth-order valence-corrected chi connectivity index (χ4v) is 2.55. The highest BCUT2D eigenvalue weighted by Crippen LogP contribution is 2.13. The zero-order chi connectivity index (χ0) is 13.4. The van der Waals surface area contributed by atoms with Crippen LogP contribution in [0.15, 0.2) is 0 Å². The second-order valence-corrected chi connectivity index (χ2v) is 5.51. The molecule has 1 aliphatic heterocycles. The molecule has 0 aromatic heterocycles. The lowest BCUT2D eigenvalue weighted by molar-refractivity contribution is -0.109. The van der Waals surface area contributed by atoms with E-state index in [1.165, 1.54) is 38.5 Å². The summed E-state index contributed by atoms with van der Waals surface area (Å²) in [6.45, 7) is 4.10. The Morgan fingerprint density at radius 2 is 1.33 bits per heavy atom. The van der Waals surface area contributed by atoms with Crippen molar-refractivity contribution in [2.24, 2.45) is 0 Å². The van der Waals surface area contributed by atoms with Crippen molar-refractivity contribution in [2.45, 2.75) is 70.2 Å². The number of hydrogen-bond acceptors (Lipinski definition) is 4. The zero-order valence-electron chi connectivity index (χ0n) is 11.6. The summed E-state index contributed by atoms with van der Waals surface area (Å²) in [6.07, 6.45) is 6.29. The van der Waals surface area contributed by atoms with Gasteiger partial charge in [0.2, 0.25) is 0 Å². The number of piperidine rings is 1. The topological polar surface area (TPSA) is 63.9 Å². The van der Waals surface area contributed by atoms with Gasteiger partial charge in [0.1, 0.15) is 6.10 Å². The number of hydrogen-bond donors (Lipinski definition) is 3. The Hall–Kier alpha value is -0.160. The van der Waals surface area contributed by atoms with Crippen molar-refractivity contribution in [3.63, 3.8) is 0 Å². The third-order valence-corrected chi connectivity index (χ3v) is 3.76. The molecule has 0 bridgehead atoms. The van der Waals surface area contributed by atoms with Crippen LogP contribution in [0.25, 0.3) is 0 Å². The van der Waals surface area contributed by atoms with E-state index in [4.69, 9.17) is 0 Å². The van der Waals surface area contributed by atoms with Crippen LogP contribution in [-0.2, 0) is 0 Å². The maximum Gasteiger partial charge on any atom is 0.108 e. The Bertz CT molecular complexity index is 201. The molecule has 4 nitrogen and oxygen atoms in total. The summed E-state index contributed by atoms with van der Waals surface area (Å²) in [4.78, 5) is 2.05. The molecule has 18 heavy (non-hydrogen) atoms. The second kappa shape index (κ2) is 8.86. The van der Waals surface area contributed by atoms with Gasteiger partial charge in [0, 0.05) is 13.1 Å². The molecule has 1 fully saturated rings. The van der Waals surface area contributed by atoms with Crippen LogP contribution in [0.5, 0.6) is 0 Å². The van der Waals surface area contributed by atoms with E-state index >= 15 is 0 Å². The van der Waals surface area contributed by atoms with E-state index in [9.17, 15) is 15.3 Å². The van der Waals surface area contributed by atoms with Gasteiger partial charge in [-0.05, 0) is 13.0 Å². The van der Waals surface area contributed by atoms with Crippen LogP contribution in [0.4, 0.5) is 0 Å². The van der Waals surface area contributed by atoms with Gasteiger partial charge in [0.15, 0.2) is 0 Å². The van der Waals surface area contributed by atoms with Crippen LogP contribution in [0.3, 0.4) is 0 Å². The summed E-state index contributed by atoms with van der Waals surface area (Å²) in [6, 6.07) is 0. The van der Waals surface area contributed by atoms with Gasteiger partial charge in [0.05, 0.1) is 12.2 Å². The van der Waals surface area contributed by atoms with Crippen molar-refractivity contribution < 1.29 is 15.3 Å². The van der Waals surface area contributed by atoms with Gasteiger partial charge in [-0.1, -0.05) is 45.4 Å². The van der Waals surface area contributed by atoms with Gasteiger partial charge in [0.25, 0.3) is 0 Å². The third-order valence-electron chi connectivity index (χ3n) is 3.76. The molecule has 0 spiro atoms. The van der Waals surface area contributed by atoms with Crippen LogP contribution < -0.4 is 0 Å². The van der Waals surface area contributed by atoms with Crippen LogP contribution in [0, 0.1) is 0 Å². The highest BCUT2D eigenvalue weighted by atomic mass is 16.4. The Balaban J connectivity index is 2.02. The van der Waals surface area contributed by atoms with E-state index in [0.717, 1.165) is 13.0 Å². The maximum atomic E-state index is 9.57. The quantitative estimate of drug-likeness (QED) is 0.572. The van der Waals surface area contributed by atoms with Gasteiger partial charge in [-0.25, -0.2) is 0 Å². The molecule has 1 saturated heterocycles. The number of rotatable bonds is 8. The first-order valence-corrected chi connectivity index (χ1v) is 7.41. The molecular weight excluding hydrogens is 230 g/mol. The number of unbranched alkanes of at least 4 members (excludes halogenated alkanes) is 6. The highest BCUT2D eigenvalue weighted by molar-refractivity contribution is 4.86. The van der Waals surface area contributed by atoms with Gasteiger partial charge >= 0.3 is 0 Å². The second-order valence-electron chi connectivity index (χ2n) is 5.51. The predicted octanol–water partition coefficient (Wildman–Crippen LogP) is 1.14. The number of aliphatic hydroxyl groups is 3. The molecule has 0 saturated carbocycles. The van der Waals surface area contributed by atoms with Crippen LogP contribution >= 0.6 is 0 Å². The number of likely N-dealkylation sites (tertiary alicyclic amines) is 1. The first-order chi connectivity index (χ1) is 8.65. The van der Waals surface area contributed by atoms with Crippen LogP contribution in [-0.4, -0.2) is 58.2 Å². The standard InChI is InChI=1S/C14H29NO3/c1-2-3-4-5-6-7-8-9-15-10-12(16)14(18)13(17)11-15/h12-14,16-18H,2-11H2,1H3. The first kappa shape index (κ1) is 15.9. The number of β-amino-alcohol motifs (C(OH)–C–C–N with tert-alkyl or cyclic N) is 2. The summed E-state index contributed by atoms with van der Waals surface area (Å²) < 4.78 is 0. The molecule has 0 radical (unpaired) electrons. The van der Waals surface area contributed by atoms with Crippen molar-refractivity contribution in [2.75, 3.05) is 19.6 Å². The van der Waals surface area contributed by atoms with E-state index in [-0.39, 0.29) is 0 Å². The lowest BCUT2D eigenvalue weighted by atomic mass is 10.0. The summed E-state index contributed by atoms with van der Waals surface area (Å²) in [5.74, 6) is 0. The highest BCUT2D eigenvalue weighted by Gasteiger charge is 2.32. The average molecular weight is 259 g/mol. The molecule has 1 heterocycles. The van der Waals surface area contributed by atoms with E-state index in [1.807, 2.05) is 4.90 Å². The minimum absolute atomic E-state index is 0.480. The van der Waals surface area contributed by atoms with Gasteiger partial charge < -0.3 is 15.3 Å². The molecule has 2 atom stereocenters. The Kier molecular flexibility index (Phi) is 7.82. The maximum absolute atomic E-state index is 9.57. The Morgan fingerprint density at radius 1 is 0.833 bits per heavy atom. The Labute approximate surface area is 111 Å². The fourth-order valence-electron chi connectivity index (χ4n) is 2.55. The third kappa shape index (κ3) is 5.65. The van der Waals surface area contributed by atoms with Crippen molar-refractivity contribution in [3.05, 3.63) is 0 Å². The van der Waals surface area contributed by atoms with Crippen molar-refractivity contribution in [1.82, 2.24) is 4.90 Å². The number of nitrogens with zero attached hydrogens (tertiary/aromatic N) is 1. The molecule has 0 amide bonds. The van der Waals surface area contributed by atoms with Gasteiger partial charge in [-0.15, -0.1) is 0 Å². The molecule has 1 aliphatic rings. The Morgan fingerprint density at radius 3 is 1.89 bits per heavy atom. The molecule has 0 aliphatic carbocycles. The number of aliphatic hydroxyl groups excluding tert-OH is 3. The zero-order valence-corrected chi connectivity index (χ0v) is 11.6. The molecule has 0 aromatic rings. The molecule has 4 heteroatoms. The monoisotopic (exact) mass is 259 g/mol. The SMILES string of the molecule is CCCCCCCCCN1CC(O)C(O)C(O)C1. The van der Waals surface area contributed by atoms with Crippen molar-refractivity contribution in [3.8, 4) is 0 Å². The molecule has 108 valence electrons. The molecule has 3 N–H and O–H groups in total. The molecule has 2 unspecified atom stereocenters. The average Bonchev–Trinajstić information content (AvgIpc) is 2.34. The summed E-state index contributed by atoms with van der Waals surface area (Å²) in [7, 11) is 0. The van der Waals surface area contributed by atoms with Crippen LogP contribution in [0.1, 0.15) is 51.9 Å². The normalized spacial score (nSPS) is 29.7. The molecule has 1 rings (SSSR count). The molecule has 0 aromatic carbocycles. The van der Waals surface area contributed by atoms with E-state index in [1.54, 1.807) is 0 Å². The van der Waals surface area contributed by atoms with E-state index < -0.39 is 18.3 Å². The van der Waals surface area contributed by atoms with Gasteiger partial charge in [-0.2, -0.15) is 0 Å².